The van der Waals surface area contributed by atoms with Crippen molar-refractivity contribution in [3.8, 4) is 0 Å². The molecule has 1 saturated heterocycles. The SMILES string of the molecule is CC(C(N)=O)N(C(=O)C(Cc1ccccc1)CS(=O)(=O)N1CCNC(=O)C1)c1ccn[nH]1. The fourth-order valence-corrected chi connectivity index (χ4v) is 5.22. The molecule has 12 heteroatoms. The standard InChI is InChI=1S/C20H26N6O5S/c1-14(19(21)28)26(17-7-8-23-24-17)20(29)16(11-15-5-3-2-4-6-15)13-32(30,31)25-10-9-22-18(27)12-25/h2-8,14,16H,9-13H2,1H3,(H2,21,28)(H,22,27)(H,23,24). The largest absolute Gasteiger partial charge is 0.368 e. The van der Waals surface area contributed by atoms with Crippen molar-refractivity contribution in [1.82, 2.24) is 19.8 Å². The molecule has 1 aliphatic heterocycles. The van der Waals surface area contributed by atoms with E-state index >= 15 is 0 Å². The Hall–Kier alpha value is -3.25. The highest BCUT2D eigenvalue weighted by atomic mass is 32.2. The molecule has 11 nitrogen and oxygen atoms in total. The predicted octanol–water partition coefficient (Wildman–Crippen LogP) is -0.763. The molecule has 2 aromatic rings. The molecule has 1 aromatic heterocycles. The molecule has 2 atom stereocenters. The van der Waals surface area contributed by atoms with Crippen molar-refractivity contribution in [2.75, 3.05) is 30.3 Å². The molecule has 2 unspecified atom stereocenters. The van der Waals surface area contributed by atoms with Crippen LogP contribution in [0, 0.1) is 5.92 Å². The number of nitrogens with two attached hydrogens (primary N) is 1. The second kappa shape index (κ2) is 9.92. The second-order valence-electron chi connectivity index (χ2n) is 7.58. The Morgan fingerprint density at radius 1 is 1.25 bits per heavy atom. The first-order valence-electron chi connectivity index (χ1n) is 10.1. The molecule has 1 aromatic carbocycles. The Labute approximate surface area is 186 Å². The van der Waals surface area contributed by atoms with Gasteiger partial charge in [-0.05, 0) is 18.9 Å². The van der Waals surface area contributed by atoms with Crippen LogP contribution in [0.1, 0.15) is 12.5 Å². The van der Waals surface area contributed by atoms with Crippen molar-refractivity contribution in [2.24, 2.45) is 11.7 Å². The fraction of sp³-hybridized carbons (Fsp3) is 0.400. The Morgan fingerprint density at radius 3 is 2.56 bits per heavy atom. The van der Waals surface area contributed by atoms with Crippen LogP contribution in [-0.4, -0.2) is 72.1 Å². The molecule has 172 valence electrons. The molecular weight excluding hydrogens is 436 g/mol. The third-order valence-corrected chi connectivity index (χ3v) is 7.19. The predicted molar refractivity (Wildman–Crippen MR) is 117 cm³/mol. The molecule has 2 heterocycles. The van der Waals surface area contributed by atoms with Crippen LogP contribution in [0.2, 0.25) is 0 Å². The van der Waals surface area contributed by atoms with Crippen molar-refractivity contribution in [3.05, 3.63) is 48.2 Å². The number of aromatic nitrogens is 2. The maximum atomic E-state index is 13.6. The zero-order valence-corrected chi connectivity index (χ0v) is 18.4. The Kier molecular flexibility index (Phi) is 7.26. The van der Waals surface area contributed by atoms with Gasteiger partial charge in [0.05, 0.1) is 24.4 Å². The number of benzene rings is 1. The first kappa shape index (κ1) is 23.4. The van der Waals surface area contributed by atoms with E-state index in [4.69, 9.17) is 5.73 Å². The van der Waals surface area contributed by atoms with Crippen LogP contribution in [-0.2, 0) is 30.8 Å². The van der Waals surface area contributed by atoms with Crippen molar-refractivity contribution in [2.45, 2.75) is 19.4 Å². The quantitative estimate of drug-likeness (QED) is 0.444. The summed E-state index contributed by atoms with van der Waals surface area (Å²) in [5.41, 5.74) is 6.21. The number of amides is 3. The number of nitrogens with one attached hydrogen (secondary N) is 2. The van der Waals surface area contributed by atoms with Crippen LogP contribution < -0.4 is 16.0 Å². The van der Waals surface area contributed by atoms with E-state index in [2.05, 4.69) is 15.5 Å². The van der Waals surface area contributed by atoms with E-state index < -0.39 is 45.5 Å². The Balaban J connectivity index is 1.94. The smallest absolute Gasteiger partial charge is 0.240 e. The van der Waals surface area contributed by atoms with Crippen molar-refractivity contribution < 1.29 is 22.8 Å². The lowest BCUT2D eigenvalue weighted by Crippen LogP contribution is -2.53. The van der Waals surface area contributed by atoms with E-state index in [1.54, 1.807) is 24.3 Å². The highest BCUT2D eigenvalue weighted by molar-refractivity contribution is 7.89. The third kappa shape index (κ3) is 5.51. The molecule has 1 fully saturated rings. The number of carbonyl (C=O) groups is 3. The number of hydrogen-bond acceptors (Lipinski definition) is 6. The van der Waals surface area contributed by atoms with E-state index in [-0.39, 0.29) is 31.9 Å². The number of sulfonamides is 1. The number of carbonyl (C=O) groups excluding carboxylic acids is 3. The lowest BCUT2D eigenvalue weighted by atomic mass is 9.99. The van der Waals surface area contributed by atoms with Gasteiger partial charge in [0.25, 0.3) is 0 Å². The van der Waals surface area contributed by atoms with Gasteiger partial charge in [0.15, 0.2) is 0 Å². The van der Waals surface area contributed by atoms with Crippen LogP contribution >= 0.6 is 0 Å². The van der Waals surface area contributed by atoms with Gasteiger partial charge in [0, 0.05) is 19.2 Å². The summed E-state index contributed by atoms with van der Waals surface area (Å²) in [6.07, 6.45) is 1.54. The van der Waals surface area contributed by atoms with E-state index in [0.717, 1.165) is 14.8 Å². The van der Waals surface area contributed by atoms with Crippen LogP contribution in [0.25, 0.3) is 0 Å². The second-order valence-corrected chi connectivity index (χ2v) is 9.59. The van der Waals surface area contributed by atoms with Gasteiger partial charge in [-0.15, -0.1) is 0 Å². The first-order valence-corrected chi connectivity index (χ1v) is 11.7. The maximum absolute atomic E-state index is 13.6. The zero-order valence-electron chi connectivity index (χ0n) is 17.6. The molecule has 0 spiro atoms. The lowest BCUT2D eigenvalue weighted by Gasteiger charge is -2.31. The number of hydrogen-bond donors (Lipinski definition) is 3. The zero-order chi connectivity index (χ0) is 23.3. The summed E-state index contributed by atoms with van der Waals surface area (Å²) in [5.74, 6) is -3.06. The first-order chi connectivity index (χ1) is 15.2. The lowest BCUT2D eigenvalue weighted by molar-refractivity contribution is -0.126. The molecule has 4 N–H and O–H groups in total. The average Bonchev–Trinajstić information content (AvgIpc) is 3.28. The summed E-state index contributed by atoms with van der Waals surface area (Å²) < 4.78 is 27.3. The number of H-pyrrole nitrogens is 1. The van der Waals surface area contributed by atoms with E-state index in [1.807, 2.05) is 6.07 Å². The van der Waals surface area contributed by atoms with Crippen molar-refractivity contribution in [1.29, 1.82) is 0 Å². The summed E-state index contributed by atoms with van der Waals surface area (Å²) in [4.78, 5) is 38.4. The van der Waals surface area contributed by atoms with Gasteiger partial charge in [-0.2, -0.15) is 9.40 Å². The topological polar surface area (TPSA) is 159 Å². The van der Waals surface area contributed by atoms with Gasteiger partial charge in [0.1, 0.15) is 11.9 Å². The highest BCUT2D eigenvalue weighted by Crippen LogP contribution is 2.22. The van der Waals surface area contributed by atoms with E-state index in [1.165, 1.54) is 19.2 Å². The van der Waals surface area contributed by atoms with Gasteiger partial charge in [-0.3, -0.25) is 24.4 Å². The fourth-order valence-electron chi connectivity index (χ4n) is 3.55. The Morgan fingerprint density at radius 2 is 1.97 bits per heavy atom. The minimum absolute atomic E-state index is 0.120. The molecule has 0 aliphatic carbocycles. The minimum Gasteiger partial charge on any atom is -0.368 e. The summed E-state index contributed by atoms with van der Waals surface area (Å²) in [7, 11) is -3.95. The monoisotopic (exact) mass is 462 g/mol. The van der Waals surface area contributed by atoms with Crippen LogP contribution in [0.15, 0.2) is 42.6 Å². The molecular formula is C20H26N6O5S. The van der Waals surface area contributed by atoms with Crippen molar-refractivity contribution >= 4 is 33.6 Å². The van der Waals surface area contributed by atoms with Gasteiger partial charge in [0.2, 0.25) is 27.7 Å². The van der Waals surface area contributed by atoms with Crippen molar-refractivity contribution in [3.63, 3.8) is 0 Å². The Bertz CT molecular complexity index is 1060. The third-order valence-electron chi connectivity index (χ3n) is 5.26. The van der Waals surface area contributed by atoms with Gasteiger partial charge in [-0.1, -0.05) is 30.3 Å². The van der Waals surface area contributed by atoms with E-state index in [0.29, 0.717) is 0 Å². The number of anilines is 1. The minimum atomic E-state index is -3.95. The summed E-state index contributed by atoms with van der Waals surface area (Å²) >= 11 is 0. The number of rotatable bonds is 9. The number of nitrogens with zero attached hydrogens (tertiary/aromatic N) is 3. The van der Waals surface area contributed by atoms with E-state index in [9.17, 15) is 22.8 Å². The molecule has 3 rings (SSSR count). The molecule has 1 aliphatic rings. The maximum Gasteiger partial charge on any atom is 0.240 e. The van der Waals surface area contributed by atoms with Crippen LogP contribution in [0.3, 0.4) is 0 Å². The molecule has 0 bridgehead atoms. The van der Waals surface area contributed by atoms with Gasteiger partial charge < -0.3 is 11.1 Å². The number of primary amides is 1. The molecule has 0 radical (unpaired) electrons. The molecule has 32 heavy (non-hydrogen) atoms. The summed E-state index contributed by atoms with van der Waals surface area (Å²) in [6, 6.07) is 9.44. The average molecular weight is 463 g/mol. The normalized spacial score (nSPS) is 16.7. The van der Waals surface area contributed by atoms with Gasteiger partial charge >= 0.3 is 0 Å². The molecule has 0 saturated carbocycles. The summed E-state index contributed by atoms with van der Waals surface area (Å²) in [6.45, 7) is 1.50. The highest BCUT2D eigenvalue weighted by Gasteiger charge is 2.37. The summed E-state index contributed by atoms with van der Waals surface area (Å²) in [5, 5.41) is 9.05. The van der Waals surface area contributed by atoms with Crippen LogP contribution in [0.4, 0.5) is 5.82 Å². The number of aromatic amines is 1. The van der Waals surface area contributed by atoms with Crippen LogP contribution in [0.5, 0.6) is 0 Å². The molecule has 3 amide bonds. The number of piperazine rings is 1. The van der Waals surface area contributed by atoms with Gasteiger partial charge in [-0.25, -0.2) is 8.42 Å².